The molecule has 2 aliphatic heterocycles. The summed E-state index contributed by atoms with van der Waals surface area (Å²) in [5, 5.41) is 13.8. The van der Waals surface area contributed by atoms with Crippen molar-refractivity contribution in [1.82, 2.24) is 9.88 Å². The van der Waals surface area contributed by atoms with E-state index in [9.17, 15) is 14.4 Å². The first-order valence-electron chi connectivity index (χ1n) is 10.7. The van der Waals surface area contributed by atoms with E-state index < -0.39 is 0 Å². The number of nitriles is 1. The van der Waals surface area contributed by atoms with Crippen LogP contribution in [0.5, 0.6) is 0 Å². The Kier molecular flexibility index (Phi) is 5.08. The lowest BCUT2D eigenvalue weighted by atomic mass is 10.0. The van der Waals surface area contributed by atoms with E-state index >= 15 is 0 Å². The Morgan fingerprint density at radius 1 is 1.10 bits per heavy atom. The number of rotatable bonds is 3. The monoisotopic (exact) mass is 417 g/mol. The summed E-state index contributed by atoms with van der Waals surface area (Å²) in [5.74, 6) is -0.321. The van der Waals surface area contributed by atoms with Gasteiger partial charge in [0.1, 0.15) is 11.9 Å². The fraction of sp³-hybridized carbons (Fsp3) is 0.333. The molecule has 5 rings (SSSR count). The van der Waals surface area contributed by atoms with Crippen LogP contribution in [0.2, 0.25) is 0 Å². The highest BCUT2D eigenvalue weighted by Crippen LogP contribution is 2.28. The minimum absolute atomic E-state index is 0.00357. The average molecular weight is 417 g/mol. The molecule has 3 heterocycles. The number of H-pyrrole nitrogens is 1. The van der Waals surface area contributed by atoms with Gasteiger partial charge in [0.2, 0.25) is 0 Å². The van der Waals surface area contributed by atoms with Crippen LogP contribution in [0.15, 0.2) is 41.2 Å². The van der Waals surface area contributed by atoms with Crippen molar-refractivity contribution in [3.8, 4) is 6.07 Å². The molecule has 2 aliphatic rings. The van der Waals surface area contributed by atoms with E-state index in [0.29, 0.717) is 11.3 Å². The highest BCUT2D eigenvalue weighted by Gasteiger charge is 2.21. The van der Waals surface area contributed by atoms with Gasteiger partial charge in [-0.05, 0) is 42.7 Å². The molecule has 6 nitrogen and oxygen atoms in total. The van der Waals surface area contributed by atoms with E-state index in [4.69, 9.17) is 0 Å². The number of benzene rings is 2. The topological polar surface area (TPSA) is 75.2 Å². The normalized spacial score (nSPS) is 16.6. The highest BCUT2D eigenvalue weighted by molar-refractivity contribution is 5.93. The molecule has 0 amide bonds. The minimum Gasteiger partial charge on any atom is -0.384 e. The molecule has 0 saturated carbocycles. The molecule has 0 atom stereocenters. The summed E-state index contributed by atoms with van der Waals surface area (Å²) in [6, 6.07) is 12.8. The number of nitrogens with zero attached hydrogens (tertiary/aromatic N) is 3. The van der Waals surface area contributed by atoms with Gasteiger partial charge >= 0.3 is 0 Å². The van der Waals surface area contributed by atoms with Crippen LogP contribution >= 0.6 is 0 Å². The average Bonchev–Trinajstić information content (AvgIpc) is 2.80. The number of anilines is 2. The Morgan fingerprint density at radius 3 is 2.74 bits per heavy atom. The number of pyridine rings is 1. The van der Waals surface area contributed by atoms with E-state index in [-0.39, 0.29) is 11.4 Å². The first-order chi connectivity index (χ1) is 15.1. The van der Waals surface area contributed by atoms with Gasteiger partial charge in [-0.2, -0.15) is 5.26 Å². The predicted octanol–water partition coefficient (Wildman–Crippen LogP) is 3.22. The van der Waals surface area contributed by atoms with Gasteiger partial charge < -0.3 is 15.2 Å². The second kappa shape index (κ2) is 8.05. The Balaban J connectivity index is 1.31. The van der Waals surface area contributed by atoms with Crippen molar-refractivity contribution in [2.24, 2.45) is 0 Å². The van der Waals surface area contributed by atoms with Crippen molar-refractivity contribution in [2.45, 2.75) is 19.4 Å². The summed E-state index contributed by atoms with van der Waals surface area (Å²) < 4.78 is 13.7. The summed E-state index contributed by atoms with van der Waals surface area (Å²) in [4.78, 5) is 19.9. The van der Waals surface area contributed by atoms with Crippen LogP contribution in [-0.2, 0) is 13.0 Å². The summed E-state index contributed by atoms with van der Waals surface area (Å²) in [6.07, 6.45) is 1.80. The number of hydrogen-bond acceptors (Lipinski definition) is 5. The van der Waals surface area contributed by atoms with Crippen molar-refractivity contribution < 1.29 is 4.39 Å². The predicted molar refractivity (Wildman–Crippen MR) is 120 cm³/mol. The van der Waals surface area contributed by atoms with Crippen LogP contribution in [0, 0.1) is 17.1 Å². The Labute approximate surface area is 179 Å². The molecule has 0 radical (unpaired) electrons. The third-order valence-electron chi connectivity index (χ3n) is 6.28. The fourth-order valence-electron chi connectivity index (χ4n) is 4.67. The van der Waals surface area contributed by atoms with Crippen molar-refractivity contribution in [1.29, 1.82) is 5.26 Å². The van der Waals surface area contributed by atoms with Crippen LogP contribution in [0.3, 0.4) is 0 Å². The molecule has 0 unspecified atom stereocenters. The largest absolute Gasteiger partial charge is 0.384 e. The molecule has 1 fully saturated rings. The summed E-state index contributed by atoms with van der Waals surface area (Å²) >= 11 is 0. The van der Waals surface area contributed by atoms with Gasteiger partial charge in [-0.25, -0.2) is 4.39 Å². The minimum atomic E-state index is -0.321. The van der Waals surface area contributed by atoms with Crippen molar-refractivity contribution in [2.75, 3.05) is 42.9 Å². The van der Waals surface area contributed by atoms with Gasteiger partial charge in [-0.3, -0.25) is 9.69 Å². The third kappa shape index (κ3) is 3.75. The maximum atomic E-state index is 13.7. The molecule has 2 N–H and O–H groups in total. The lowest BCUT2D eigenvalue weighted by molar-refractivity contribution is 0.250. The number of hydrogen-bond donors (Lipinski definition) is 2. The second-order valence-electron chi connectivity index (χ2n) is 8.25. The maximum Gasteiger partial charge on any atom is 0.253 e. The molecule has 158 valence electrons. The SMILES string of the molecule is N#Cc1ccc(F)cc1N1CCN(Cc2ccc3c4c(c(=O)[nH]c3c2)CCCN4)CC1. The Bertz CT molecular complexity index is 1240. The lowest BCUT2D eigenvalue weighted by Gasteiger charge is -2.36. The van der Waals surface area contributed by atoms with Gasteiger partial charge in [-0.1, -0.05) is 12.1 Å². The van der Waals surface area contributed by atoms with Crippen molar-refractivity contribution in [3.05, 3.63) is 69.3 Å². The van der Waals surface area contributed by atoms with Gasteiger partial charge in [-0.15, -0.1) is 0 Å². The van der Waals surface area contributed by atoms with Crippen molar-refractivity contribution in [3.63, 3.8) is 0 Å². The summed E-state index contributed by atoms with van der Waals surface area (Å²) in [7, 11) is 0. The zero-order valence-corrected chi connectivity index (χ0v) is 17.2. The smallest absolute Gasteiger partial charge is 0.253 e. The van der Waals surface area contributed by atoms with Crippen LogP contribution in [0.4, 0.5) is 15.8 Å². The third-order valence-corrected chi connectivity index (χ3v) is 6.28. The first-order valence-corrected chi connectivity index (χ1v) is 10.7. The lowest BCUT2D eigenvalue weighted by Crippen LogP contribution is -2.46. The number of nitrogens with one attached hydrogen (secondary N) is 2. The zero-order valence-electron chi connectivity index (χ0n) is 17.2. The summed E-state index contributed by atoms with van der Waals surface area (Å²) in [5.41, 5.74) is 5.03. The van der Waals surface area contributed by atoms with Crippen molar-refractivity contribution >= 4 is 22.3 Å². The quantitative estimate of drug-likeness (QED) is 0.685. The fourth-order valence-corrected chi connectivity index (χ4v) is 4.67. The number of halogens is 1. The number of piperazine rings is 1. The molecule has 1 aromatic heterocycles. The molecule has 1 saturated heterocycles. The molecule has 0 bridgehead atoms. The standard InChI is InChI=1S/C24H24FN5O/c25-18-5-4-17(14-26)22(13-18)30-10-8-29(9-11-30)15-16-3-6-19-21(12-16)28-24(31)20-2-1-7-27-23(19)20/h3-6,12-13,27H,1-2,7-11,15H2,(H,28,31). The van der Waals surface area contributed by atoms with E-state index in [2.05, 4.69) is 44.4 Å². The highest BCUT2D eigenvalue weighted by atomic mass is 19.1. The Hall–Kier alpha value is -3.37. The first kappa shape index (κ1) is 19.6. The Morgan fingerprint density at radius 2 is 1.94 bits per heavy atom. The van der Waals surface area contributed by atoms with E-state index in [1.165, 1.54) is 12.1 Å². The molecular formula is C24H24FN5O. The molecular weight excluding hydrogens is 393 g/mol. The molecule has 7 heteroatoms. The van der Waals surface area contributed by atoms with Gasteiger partial charge in [0.25, 0.3) is 5.56 Å². The molecule has 0 aliphatic carbocycles. The van der Waals surface area contributed by atoms with Gasteiger partial charge in [0, 0.05) is 50.2 Å². The van der Waals surface area contributed by atoms with Crippen LogP contribution in [0.25, 0.3) is 10.9 Å². The number of fused-ring (bicyclic) bond motifs is 3. The zero-order chi connectivity index (χ0) is 21.4. The molecule has 2 aromatic carbocycles. The maximum absolute atomic E-state index is 13.7. The molecule has 31 heavy (non-hydrogen) atoms. The molecule has 0 spiro atoms. The van der Waals surface area contributed by atoms with Gasteiger partial charge in [0.15, 0.2) is 0 Å². The van der Waals surface area contributed by atoms with Crippen LogP contribution in [0.1, 0.15) is 23.1 Å². The number of aromatic amines is 1. The van der Waals surface area contributed by atoms with Crippen LogP contribution < -0.4 is 15.8 Å². The second-order valence-corrected chi connectivity index (χ2v) is 8.25. The molecule has 3 aromatic rings. The summed E-state index contributed by atoms with van der Waals surface area (Å²) in [6.45, 7) is 4.80. The van der Waals surface area contributed by atoms with Crippen LogP contribution in [-0.4, -0.2) is 42.6 Å². The number of aromatic nitrogens is 1. The van der Waals surface area contributed by atoms with E-state index in [0.717, 1.165) is 79.8 Å². The van der Waals surface area contributed by atoms with E-state index in [1.54, 1.807) is 6.07 Å². The van der Waals surface area contributed by atoms with E-state index in [1.807, 2.05) is 0 Å². The van der Waals surface area contributed by atoms with Gasteiger partial charge in [0.05, 0.1) is 22.5 Å².